The number of para-hydroxylation sites is 2. The number of benzene rings is 1. The maximum absolute atomic E-state index is 11.6. The van der Waals surface area contributed by atoms with Gasteiger partial charge in [0, 0.05) is 6.07 Å². The molecule has 76 valence electrons. The monoisotopic (exact) mass is 201 g/mol. The lowest BCUT2D eigenvalue weighted by molar-refractivity contribution is 0.802. The van der Waals surface area contributed by atoms with Gasteiger partial charge in [0.15, 0.2) is 0 Å². The predicted molar refractivity (Wildman–Crippen MR) is 59.0 cm³/mol. The van der Waals surface area contributed by atoms with Crippen LogP contribution in [0.1, 0.15) is 5.56 Å². The van der Waals surface area contributed by atoms with Gasteiger partial charge in [-0.15, -0.1) is 0 Å². The van der Waals surface area contributed by atoms with E-state index in [1.807, 2.05) is 19.1 Å². The average molecular weight is 201 g/mol. The van der Waals surface area contributed by atoms with Crippen LogP contribution in [-0.2, 0) is 0 Å². The van der Waals surface area contributed by atoms with Crippen molar-refractivity contribution in [2.45, 2.75) is 6.92 Å². The van der Waals surface area contributed by atoms with Crippen LogP contribution < -0.4 is 11.3 Å². The summed E-state index contributed by atoms with van der Waals surface area (Å²) in [5.41, 5.74) is 7.58. The zero-order chi connectivity index (χ0) is 10.8. The van der Waals surface area contributed by atoms with Crippen LogP contribution in [0.2, 0.25) is 0 Å². The molecular formula is C11H11N3O. The van der Waals surface area contributed by atoms with Crippen molar-refractivity contribution in [1.82, 2.24) is 9.78 Å². The number of nitrogens with zero attached hydrogens (tertiary/aromatic N) is 2. The third-order valence-electron chi connectivity index (χ3n) is 2.10. The quantitative estimate of drug-likeness (QED) is 0.703. The minimum atomic E-state index is -0.173. The molecule has 15 heavy (non-hydrogen) atoms. The van der Waals surface area contributed by atoms with Crippen molar-refractivity contribution in [3.63, 3.8) is 0 Å². The Hall–Kier alpha value is -2.10. The minimum absolute atomic E-state index is 0.173. The maximum atomic E-state index is 11.6. The van der Waals surface area contributed by atoms with Gasteiger partial charge in [0.1, 0.15) is 0 Å². The van der Waals surface area contributed by atoms with E-state index in [0.29, 0.717) is 11.4 Å². The molecule has 2 N–H and O–H groups in total. The molecule has 0 unspecified atom stereocenters. The lowest BCUT2D eigenvalue weighted by Crippen LogP contribution is -2.21. The van der Waals surface area contributed by atoms with Gasteiger partial charge in [-0.05, 0) is 24.6 Å². The summed E-state index contributed by atoms with van der Waals surface area (Å²) in [6.45, 7) is 1.83. The van der Waals surface area contributed by atoms with Gasteiger partial charge < -0.3 is 5.73 Å². The van der Waals surface area contributed by atoms with E-state index < -0.39 is 0 Å². The lowest BCUT2D eigenvalue weighted by atomic mass is 10.2. The van der Waals surface area contributed by atoms with Gasteiger partial charge in [0.2, 0.25) is 0 Å². The summed E-state index contributed by atoms with van der Waals surface area (Å²) < 4.78 is 1.29. The van der Waals surface area contributed by atoms with Crippen molar-refractivity contribution < 1.29 is 0 Å². The first-order chi connectivity index (χ1) is 7.18. The summed E-state index contributed by atoms with van der Waals surface area (Å²) in [7, 11) is 0. The van der Waals surface area contributed by atoms with Gasteiger partial charge in [-0.25, -0.2) is 0 Å². The van der Waals surface area contributed by atoms with E-state index in [-0.39, 0.29) is 5.56 Å². The van der Waals surface area contributed by atoms with Gasteiger partial charge in [-0.1, -0.05) is 12.1 Å². The van der Waals surface area contributed by atoms with E-state index in [4.69, 9.17) is 5.73 Å². The van der Waals surface area contributed by atoms with Gasteiger partial charge in [-0.3, -0.25) is 4.79 Å². The third-order valence-corrected chi connectivity index (χ3v) is 2.10. The fourth-order valence-corrected chi connectivity index (χ4v) is 1.36. The van der Waals surface area contributed by atoms with Gasteiger partial charge in [0.05, 0.1) is 17.6 Å². The summed E-state index contributed by atoms with van der Waals surface area (Å²) in [6.07, 6.45) is 1.63. The minimum Gasteiger partial charge on any atom is -0.397 e. The van der Waals surface area contributed by atoms with Gasteiger partial charge in [0.25, 0.3) is 5.56 Å². The van der Waals surface area contributed by atoms with Crippen LogP contribution in [0.3, 0.4) is 0 Å². The highest BCUT2D eigenvalue weighted by atomic mass is 16.1. The Morgan fingerprint density at radius 1 is 1.33 bits per heavy atom. The molecule has 0 radical (unpaired) electrons. The van der Waals surface area contributed by atoms with E-state index in [9.17, 15) is 4.79 Å². The molecular weight excluding hydrogens is 190 g/mol. The maximum Gasteiger partial charge on any atom is 0.271 e. The normalized spacial score (nSPS) is 10.2. The molecule has 2 rings (SSSR count). The molecule has 0 aliphatic heterocycles. The van der Waals surface area contributed by atoms with E-state index in [2.05, 4.69) is 5.10 Å². The predicted octanol–water partition coefficient (Wildman–Crippen LogP) is 1.12. The highest BCUT2D eigenvalue weighted by Crippen LogP contribution is 2.12. The number of hydrogen-bond acceptors (Lipinski definition) is 3. The molecule has 0 amide bonds. The van der Waals surface area contributed by atoms with Gasteiger partial charge >= 0.3 is 0 Å². The summed E-state index contributed by atoms with van der Waals surface area (Å²) >= 11 is 0. The number of nitrogen functional groups attached to an aromatic ring is 1. The Labute approximate surface area is 87.0 Å². The van der Waals surface area contributed by atoms with Crippen LogP contribution in [0.4, 0.5) is 5.69 Å². The van der Waals surface area contributed by atoms with E-state index in [1.165, 1.54) is 10.7 Å². The summed E-state index contributed by atoms with van der Waals surface area (Å²) in [5, 5.41) is 4.03. The lowest BCUT2D eigenvalue weighted by Gasteiger charge is -2.06. The molecule has 0 aliphatic carbocycles. The van der Waals surface area contributed by atoms with E-state index in [1.54, 1.807) is 18.3 Å². The van der Waals surface area contributed by atoms with Crippen LogP contribution in [0, 0.1) is 6.92 Å². The summed E-state index contributed by atoms with van der Waals surface area (Å²) in [6, 6.07) is 8.67. The second kappa shape index (κ2) is 3.57. The number of hydrogen-bond donors (Lipinski definition) is 1. The highest BCUT2D eigenvalue weighted by molar-refractivity contribution is 5.56. The zero-order valence-electron chi connectivity index (χ0n) is 8.34. The first-order valence-electron chi connectivity index (χ1n) is 4.59. The number of rotatable bonds is 1. The fourth-order valence-electron chi connectivity index (χ4n) is 1.36. The van der Waals surface area contributed by atoms with Crippen molar-refractivity contribution in [2.75, 3.05) is 5.73 Å². The van der Waals surface area contributed by atoms with Crippen molar-refractivity contribution in [3.05, 3.63) is 52.4 Å². The molecule has 0 spiro atoms. The topological polar surface area (TPSA) is 60.9 Å². The molecule has 0 aliphatic rings. The van der Waals surface area contributed by atoms with E-state index >= 15 is 0 Å². The van der Waals surface area contributed by atoms with Crippen LogP contribution in [0.25, 0.3) is 5.69 Å². The highest BCUT2D eigenvalue weighted by Gasteiger charge is 2.03. The molecule has 0 bridgehead atoms. The van der Waals surface area contributed by atoms with Crippen LogP contribution in [0.5, 0.6) is 0 Å². The van der Waals surface area contributed by atoms with Gasteiger partial charge in [-0.2, -0.15) is 9.78 Å². The Bertz CT molecular complexity index is 546. The smallest absolute Gasteiger partial charge is 0.271 e. The first kappa shape index (κ1) is 9.45. The molecule has 0 fully saturated rings. The van der Waals surface area contributed by atoms with Crippen molar-refractivity contribution >= 4 is 5.69 Å². The third kappa shape index (κ3) is 1.74. The number of aryl methyl sites for hydroxylation is 1. The molecule has 0 saturated carbocycles. The zero-order valence-corrected chi connectivity index (χ0v) is 8.34. The largest absolute Gasteiger partial charge is 0.397 e. The Morgan fingerprint density at radius 3 is 2.73 bits per heavy atom. The molecule has 1 aromatic heterocycles. The number of nitrogens with two attached hydrogens (primary N) is 1. The molecule has 1 heterocycles. The van der Waals surface area contributed by atoms with Crippen LogP contribution in [0.15, 0.2) is 41.3 Å². The number of anilines is 1. The Balaban J connectivity index is 2.65. The second-order valence-electron chi connectivity index (χ2n) is 3.34. The molecule has 0 atom stereocenters. The molecule has 1 aromatic carbocycles. The molecule has 2 aromatic rings. The molecule has 4 heteroatoms. The summed E-state index contributed by atoms with van der Waals surface area (Å²) in [5.74, 6) is 0. The fraction of sp³-hybridized carbons (Fsp3) is 0.0909. The average Bonchev–Trinajstić information content (AvgIpc) is 2.20. The van der Waals surface area contributed by atoms with E-state index in [0.717, 1.165) is 5.56 Å². The van der Waals surface area contributed by atoms with Crippen molar-refractivity contribution in [2.24, 2.45) is 0 Å². The molecule has 0 saturated heterocycles. The number of aromatic nitrogens is 2. The molecule has 4 nitrogen and oxygen atoms in total. The Morgan fingerprint density at radius 2 is 2.07 bits per heavy atom. The standard InChI is InChI=1S/C11H11N3O/c1-8-6-11(15)14(13-7-8)10-5-3-2-4-9(10)12/h2-7H,12H2,1H3. The van der Waals surface area contributed by atoms with Crippen molar-refractivity contribution in [3.8, 4) is 5.69 Å². The SMILES string of the molecule is Cc1cnn(-c2ccccc2N)c(=O)c1. The first-order valence-corrected chi connectivity index (χ1v) is 4.59. The Kier molecular flexibility index (Phi) is 2.25. The van der Waals surface area contributed by atoms with Crippen LogP contribution in [-0.4, -0.2) is 9.78 Å². The second-order valence-corrected chi connectivity index (χ2v) is 3.34. The van der Waals surface area contributed by atoms with Crippen molar-refractivity contribution in [1.29, 1.82) is 0 Å². The van der Waals surface area contributed by atoms with Crippen LogP contribution >= 0.6 is 0 Å². The summed E-state index contributed by atoms with van der Waals surface area (Å²) in [4.78, 5) is 11.6.